The number of hydrogen-bond acceptors (Lipinski definition) is 3. The Morgan fingerprint density at radius 3 is 2.03 bits per heavy atom. The van der Waals surface area contributed by atoms with E-state index in [2.05, 4.69) is 26.0 Å². The Labute approximate surface area is 179 Å². The first-order valence-electron chi connectivity index (χ1n) is 10.9. The number of rotatable bonds is 13. The maximum Gasteiger partial charge on any atom is 0.310 e. The zero-order valence-electron chi connectivity index (χ0n) is 18.9. The highest BCUT2D eigenvalue weighted by Crippen LogP contribution is 2.26. The van der Waals surface area contributed by atoms with Crippen molar-refractivity contribution in [1.82, 2.24) is 0 Å². The number of carbonyl (C=O) groups is 2. The summed E-state index contributed by atoms with van der Waals surface area (Å²) in [4.78, 5) is 24.2. The summed E-state index contributed by atoms with van der Waals surface area (Å²) in [7, 11) is 1.17. The highest BCUT2D eigenvalue weighted by atomic mass is 31.0. The molecule has 0 aromatic heterocycles. The summed E-state index contributed by atoms with van der Waals surface area (Å²) in [5.41, 5.74) is 4.12. The molecule has 1 aromatic rings. The average molecular weight is 424 g/mol. The summed E-state index contributed by atoms with van der Waals surface area (Å²) in [6.07, 6.45) is 8.04. The Balaban J connectivity index is 0.00000379. The van der Waals surface area contributed by atoms with Crippen molar-refractivity contribution < 1.29 is 19.3 Å². The molecule has 0 spiro atoms. The van der Waals surface area contributed by atoms with Gasteiger partial charge in [-0.2, -0.15) is 0 Å². The molecular formula is C24H40O4P+. The molecule has 4 nitrogen and oxygen atoms in total. The summed E-state index contributed by atoms with van der Waals surface area (Å²) < 4.78 is 8.17. The lowest BCUT2D eigenvalue weighted by Crippen LogP contribution is -2.18. The van der Waals surface area contributed by atoms with Crippen molar-refractivity contribution in [1.29, 1.82) is 0 Å². The molecule has 0 saturated carbocycles. The SMILES string of the molecule is CCCCC(CC)CC(CCCCC(=O)c1c(C)cc(C)cc1C)C(=O)O.O=[PH2+]. The van der Waals surface area contributed by atoms with Crippen LogP contribution in [0.5, 0.6) is 0 Å². The van der Waals surface area contributed by atoms with Crippen LogP contribution in [0, 0.1) is 32.6 Å². The number of unbranched alkanes of at least 4 members (excludes halogenated alkanes) is 2. The molecule has 0 amide bonds. The van der Waals surface area contributed by atoms with Crippen molar-refractivity contribution >= 4 is 20.9 Å². The molecule has 0 radical (unpaired) electrons. The summed E-state index contributed by atoms with van der Waals surface area (Å²) in [6, 6.07) is 4.11. The lowest BCUT2D eigenvalue weighted by Gasteiger charge is -2.19. The molecule has 0 aliphatic rings. The molecule has 3 atom stereocenters. The number of carbonyl (C=O) groups excluding carboxylic acids is 1. The molecule has 1 rings (SSSR count). The van der Waals surface area contributed by atoms with E-state index in [1.165, 1.54) is 21.1 Å². The number of carboxylic acids is 1. The van der Waals surface area contributed by atoms with Gasteiger partial charge in [-0.15, -0.1) is 0 Å². The molecule has 29 heavy (non-hydrogen) atoms. The Kier molecular flexibility index (Phi) is 14.5. The van der Waals surface area contributed by atoms with Gasteiger partial charge in [0.15, 0.2) is 5.78 Å². The van der Waals surface area contributed by atoms with Crippen LogP contribution in [0.15, 0.2) is 12.1 Å². The molecule has 1 N–H and O–H groups in total. The van der Waals surface area contributed by atoms with E-state index in [-0.39, 0.29) is 11.7 Å². The number of benzene rings is 1. The van der Waals surface area contributed by atoms with Gasteiger partial charge in [-0.3, -0.25) is 9.59 Å². The number of Topliss-reactive ketones (excluding diaryl/α,β-unsaturated/α-hetero) is 1. The van der Waals surface area contributed by atoms with Crippen molar-refractivity contribution in [2.24, 2.45) is 11.8 Å². The normalized spacial score (nSPS) is 12.6. The van der Waals surface area contributed by atoms with Crippen LogP contribution in [0.3, 0.4) is 0 Å². The van der Waals surface area contributed by atoms with E-state index < -0.39 is 5.97 Å². The van der Waals surface area contributed by atoms with Crippen LogP contribution >= 0.6 is 9.12 Å². The Morgan fingerprint density at radius 1 is 0.966 bits per heavy atom. The minimum atomic E-state index is -0.679. The fourth-order valence-electron chi connectivity index (χ4n) is 4.15. The predicted octanol–water partition coefficient (Wildman–Crippen LogP) is 6.87. The second-order valence-electron chi connectivity index (χ2n) is 8.13. The van der Waals surface area contributed by atoms with E-state index in [0.717, 1.165) is 55.2 Å². The lowest BCUT2D eigenvalue weighted by molar-refractivity contribution is -0.142. The smallest absolute Gasteiger partial charge is 0.310 e. The van der Waals surface area contributed by atoms with Gasteiger partial charge in [0.05, 0.1) is 5.92 Å². The second-order valence-corrected chi connectivity index (χ2v) is 8.13. The van der Waals surface area contributed by atoms with E-state index in [1.807, 2.05) is 20.8 Å². The zero-order valence-corrected chi connectivity index (χ0v) is 20.1. The van der Waals surface area contributed by atoms with Gasteiger partial charge in [-0.25, -0.2) is 0 Å². The van der Waals surface area contributed by atoms with Gasteiger partial charge in [0.25, 0.3) is 0 Å². The van der Waals surface area contributed by atoms with Gasteiger partial charge in [0.2, 0.25) is 0 Å². The standard InChI is InChI=1S/C24H38O3.H2OP/c1-6-8-11-20(7-2)16-21(24(26)27)12-9-10-13-22(25)23-18(4)14-17(3)15-19(23)5;1-2/h14-15,20-21H,6-13,16H2,1-5H3,(H,26,27);2H2/q;+1. The third kappa shape index (κ3) is 10.2. The monoisotopic (exact) mass is 423 g/mol. The molecular weight excluding hydrogens is 383 g/mol. The van der Waals surface area contributed by atoms with E-state index in [0.29, 0.717) is 18.8 Å². The fraction of sp³-hybridized carbons (Fsp3) is 0.667. The third-order valence-electron chi connectivity index (χ3n) is 5.67. The zero-order chi connectivity index (χ0) is 22.4. The van der Waals surface area contributed by atoms with E-state index >= 15 is 0 Å². The molecule has 0 bridgehead atoms. The van der Waals surface area contributed by atoms with Crippen LogP contribution in [-0.2, 0) is 9.36 Å². The van der Waals surface area contributed by atoms with Crippen LogP contribution in [0.25, 0.3) is 0 Å². The van der Waals surface area contributed by atoms with E-state index in [9.17, 15) is 14.7 Å². The van der Waals surface area contributed by atoms with Gasteiger partial charge in [-0.1, -0.05) is 68.2 Å². The molecule has 0 aliphatic carbocycles. The Bertz CT molecular complexity index is 619. The van der Waals surface area contributed by atoms with Crippen molar-refractivity contribution in [3.8, 4) is 0 Å². The average Bonchev–Trinajstić information content (AvgIpc) is 2.67. The number of aliphatic carboxylic acids is 1. The number of aryl methyl sites for hydroxylation is 3. The summed E-state index contributed by atoms with van der Waals surface area (Å²) >= 11 is 0. The van der Waals surface area contributed by atoms with Gasteiger partial charge >= 0.3 is 15.1 Å². The molecule has 1 aromatic carbocycles. The van der Waals surface area contributed by atoms with Crippen LogP contribution in [-0.4, -0.2) is 16.9 Å². The summed E-state index contributed by atoms with van der Waals surface area (Å²) in [5.74, 6) is -0.261. The lowest BCUT2D eigenvalue weighted by atomic mass is 9.86. The first kappa shape index (κ1) is 27.5. The topological polar surface area (TPSA) is 71.4 Å². The maximum absolute atomic E-state index is 12.6. The molecule has 3 unspecified atom stereocenters. The molecule has 0 fully saturated rings. The van der Waals surface area contributed by atoms with Crippen molar-refractivity contribution in [2.45, 2.75) is 92.4 Å². The van der Waals surface area contributed by atoms with Gasteiger partial charge in [0, 0.05) is 12.0 Å². The number of hydrogen-bond donors (Lipinski definition) is 1. The minimum Gasteiger partial charge on any atom is -0.481 e. The number of carboxylic acid groups (broad SMARTS) is 1. The first-order valence-corrected chi connectivity index (χ1v) is 11.3. The largest absolute Gasteiger partial charge is 0.481 e. The highest BCUT2D eigenvalue weighted by Gasteiger charge is 2.21. The van der Waals surface area contributed by atoms with Crippen LogP contribution in [0.1, 0.15) is 98.7 Å². The number of ketones is 1. The minimum absolute atomic E-state index is 0.186. The van der Waals surface area contributed by atoms with Gasteiger partial charge in [-0.05, 0) is 57.1 Å². The summed E-state index contributed by atoms with van der Waals surface area (Å²) in [5, 5.41) is 9.56. The van der Waals surface area contributed by atoms with Crippen molar-refractivity contribution in [2.75, 3.05) is 0 Å². The van der Waals surface area contributed by atoms with Crippen LogP contribution in [0.2, 0.25) is 0 Å². The second kappa shape index (κ2) is 15.3. The van der Waals surface area contributed by atoms with Gasteiger partial charge < -0.3 is 5.11 Å². The first-order chi connectivity index (χ1) is 13.8. The van der Waals surface area contributed by atoms with Crippen molar-refractivity contribution in [3.63, 3.8) is 0 Å². The molecule has 5 heteroatoms. The van der Waals surface area contributed by atoms with E-state index in [4.69, 9.17) is 4.57 Å². The molecule has 0 saturated heterocycles. The van der Waals surface area contributed by atoms with Crippen LogP contribution < -0.4 is 0 Å². The van der Waals surface area contributed by atoms with Crippen LogP contribution in [0.4, 0.5) is 0 Å². The molecule has 164 valence electrons. The Hall–Kier alpha value is -1.54. The van der Waals surface area contributed by atoms with Crippen molar-refractivity contribution in [3.05, 3.63) is 34.4 Å². The van der Waals surface area contributed by atoms with Gasteiger partial charge in [0.1, 0.15) is 0 Å². The Morgan fingerprint density at radius 2 is 1.55 bits per heavy atom. The molecule has 0 heterocycles. The quantitative estimate of drug-likeness (QED) is 0.213. The van der Waals surface area contributed by atoms with E-state index in [1.54, 1.807) is 0 Å². The molecule has 0 aliphatic heterocycles. The third-order valence-corrected chi connectivity index (χ3v) is 5.67. The highest BCUT2D eigenvalue weighted by molar-refractivity contribution is 7.00. The fourth-order valence-corrected chi connectivity index (χ4v) is 4.15. The summed E-state index contributed by atoms with van der Waals surface area (Å²) in [6.45, 7) is 10.4. The maximum atomic E-state index is 12.6. The predicted molar refractivity (Wildman–Crippen MR) is 123 cm³/mol.